The first-order chi connectivity index (χ1) is 16.5. The summed E-state index contributed by atoms with van der Waals surface area (Å²) in [4.78, 5) is 39.2. The maximum atomic E-state index is 13.2. The fraction of sp³-hybridized carbons (Fsp3) is 0.385. The molecule has 2 heterocycles. The maximum absolute atomic E-state index is 13.2. The molecule has 178 valence electrons. The second-order valence-electron chi connectivity index (χ2n) is 8.73. The lowest BCUT2D eigenvalue weighted by Crippen LogP contribution is -2.44. The molecule has 0 bridgehead atoms. The second-order valence-corrected chi connectivity index (χ2v) is 8.73. The minimum atomic E-state index is -0.379. The fourth-order valence-corrected chi connectivity index (χ4v) is 4.55. The van der Waals surface area contributed by atoms with Gasteiger partial charge >= 0.3 is 0 Å². The molecule has 1 saturated heterocycles. The first-order valence-electron chi connectivity index (χ1n) is 11.6. The average molecular weight is 463 g/mol. The van der Waals surface area contributed by atoms with E-state index >= 15 is 0 Å². The van der Waals surface area contributed by atoms with Crippen molar-refractivity contribution in [1.29, 1.82) is 0 Å². The molecule has 0 aromatic heterocycles. The summed E-state index contributed by atoms with van der Waals surface area (Å²) in [6.45, 7) is 0.919. The van der Waals surface area contributed by atoms with Crippen LogP contribution in [0.15, 0.2) is 59.7 Å². The number of hydrogen-bond donors (Lipinski definition) is 1. The van der Waals surface area contributed by atoms with Gasteiger partial charge < -0.3 is 15.4 Å². The summed E-state index contributed by atoms with van der Waals surface area (Å²) >= 11 is 0. The molecule has 34 heavy (non-hydrogen) atoms. The quantitative estimate of drug-likeness (QED) is 0.683. The number of benzene rings is 2. The Morgan fingerprint density at radius 3 is 2.41 bits per heavy atom. The van der Waals surface area contributed by atoms with Gasteiger partial charge in [0.15, 0.2) is 0 Å². The third-order valence-corrected chi connectivity index (χ3v) is 6.50. The van der Waals surface area contributed by atoms with Crippen LogP contribution >= 0.6 is 0 Å². The van der Waals surface area contributed by atoms with Crippen molar-refractivity contribution in [3.63, 3.8) is 0 Å². The number of ether oxygens (including phenoxy) is 1. The molecule has 3 amide bonds. The zero-order valence-electron chi connectivity index (χ0n) is 19.4. The highest BCUT2D eigenvalue weighted by Crippen LogP contribution is 2.34. The molecule has 2 aromatic rings. The molecule has 2 aliphatic heterocycles. The van der Waals surface area contributed by atoms with Crippen LogP contribution in [0.5, 0.6) is 5.75 Å². The van der Waals surface area contributed by atoms with E-state index in [0.717, 1.165) is 29.0 Å². The molecule has 2 aliphatic rings. The largest absolute Gasteiger partial charge is 0.497 e. The molecule has 1 fully saturated rings. The molecule has 2 atom stereocenters. The monoisotopic (exact) mass is 462 g/mol. The molecular formula is C26H30N4O4. The summed E-state index contributed by atoms with van der Waals surface area (Å²) in [7, 11) is 1.61. The molecule has 8 heteroatoms. The van der Waals surface area contributed by atoms with E-state index in [9.17, 15) is 14.4 Å². The number of carbonyl (C=O) groups is 3. The topological polar surface area (TPSA) is 105 Å². The number of methoxy groups -OCH3 is 1. The lowest BCUT2D eigenvalue weighted by molar-refractivity contribution is -0.139. The van der Waals surface area contributed by atoms with Gasteiger partial charge in [0.25, 0.3) is 0 Å². The van der Waals surface area contributed by atoms with Crippen molar-refractivity contribution in [2.24, 2.45) is 16.8 Å². The Balaban J connectivity index is 1.47. The van der Waals surface area contributed by atoms with Crippen molar-refractivity contribution in [2.75, 3.05) is 20.2 Å². The number of primary amides is 1. The molecule has 0 unspecified atom stereocenters. The minimum absolute atomic E-state index is 0.0504. The van der Waals surface area contributed by atoms with Gasteiger partial charge in [-0.1, -0.05) is 42.5 Å². The summed E-state index contributed by atoms with van der Waals surface area (Å²) in [5, 5.41) is 6.18. The molecule has 2 aromatic carbocycles. The zero-order valence-corrected chi connectivity index (χ0v) is 19.4. The number of carbonyl (C=O) groups excluding carboxylic acids is 3. The number of hydrogen-bond acceptors (Lipinski definition) is 5. The minimum Gasteiger partial charge on any atom is -0.497 e. The number of amides is 3. The number of nitrogens with zero attached hydrogens (tertiary/aromatic N) is 3. The molecule has 8 nitrogen and oxygen atoms in total. The lowest BCUT2D eigenvalue weighted by atomic mass is 9.97. The van der Waals surface area contributed by atoms with Gasteiger partial charge in [-0.2, -0.15) is 5.10 Å². The zero-order chi connectivity index (χ0) is 24.1. The Hall–Kier alpha value is -3.68. The van der Waals surface area contributed by atoms with E-state index in [-0.39, 0.29) is 42.5 Å². The van der Waals surface area contributed by atoms with Crippen LogP contribution in [0, 0.1) is 5.92 Å². The standard InChI is InChI=1S/C26H30N4O4/c1-34-21-11-9-19(10-12-21)23-16-22(18-6-3-2-4-7-18)28-30(23)25(32)14-13-24(31)29-15-5-8-20(17-29)26(27)33/h2-4,6-7,9-12,20,23H,5,8,13-17H2,1H3,(H2,27,33)/t20-,23-/m1/s1. The van der Waals surface area contributed by atoms with E-state index in [0.29, 0.717) is 25.9 Å². The van der Waals surface area contributed by atoms with Gasteiger partial charge in [0.1, 0.15) is 5.75 Å². The van der Waals surface area contributed by atoms with Gasteiger partial charge in [-0.25, -0.2) is 5.01 Å². The Morgan fingerprint density at radius 1 is 1.03 bits per heavy atom. The van der Waals surface area contributed by atoms with Crippen molar-refractivity contribution in [1.82, 2.24) is 9.91 Å². The molecule has 0 saturated carbocycles. The second kappa shape index (κ2) is 10.5. The molecule has 4 rings (SSSR count). The van der Waals surface area contributed by atoms with E-state index in [1.165, 1.54) is 5.01 Å². The van der Waals surface area contributed by atoms with Crippen LogP contribution in [0.4, 0.5) is 0 Å². The summed E-state index contributed by atoms with van der Waals surface area (Å²) in [5.74, 6) is -0.291. The van der Waals surface area contributed by atoms with Gasteiger partial charge in [0, 0.05) is 32.4 Å². The Kier molecular flexibility index (Phi) is 7.25. The van der Waals surface area contributed by atoms with E-state index in [1.54, 1.807) is 12.0 Å². The van der Waals surface area contributed by atoms with Crippen LogP contribution in [0.2, 0.25) is 0 Å². The summed E-state index contributed by atoms with van der Waals surface area (Å²) < 4.78 is 5.26. The molecule has 2 N–H and O–H groups in total. The fourth-order valence-electron chi connectivity index (χ4n) is 4.55. The third kappa shape index (κ3) is 5.27. The smallest absolute Gasteiger partial charge is 0.243 e. The van der Waals surface area contributed by atoms with Crippen molar-refractivity contribution in [3.05, 3.63) is 65.7 Å². The van der Waals surface area contributed by atoms with Gasteiger partial charge in [0.05, 0.1) is 24.8 Å². The average Bonchev–Trinajstić information content (AvgIpc) is 3.33. The van der Waals surface area contributed by atoms with Gasteiger partial charge in [-0.15, -0.1) is 0 Å². The number of piperidine rings is 1. The molecule has 0 spiro atoms. The van der Waals surface area contributed by atoms with E-state index < -0.39 is 0 Å². The number of hydrazone groups is 1. The first kappa shape index (κ1) is 23.5. The van der Waals surface area contributed by atoms with Crippen LogP contribution in [-0.2, 0) is 14.4 Å². The number of likely N-dealkylation sites (tertiary alicyclic amines) is 1. The predicted octanol–water partition coefficient (Wildman–Crippen LogP) is 2.88. The number of nitrogens with two attached hydrogens (primary N) is 1. The SMILES string of the molecule is COc1ccc([C@H]2CC(c3ccccc3)=NN2C(=O)CCC(=O)N2CCC[C@@H](C(N)=O)C2)cc1. The summed E-state index contributed by atoms with van der Waals surface area (Å²) in [5.41, 5.74) is 8.18. The lowest BCUT2D eigenvalue weighted by Gasteiger charge is -2.31. The van der Waals surface area contributed by atoms with Crippen LogP contribution in [0.25, 0.3) is 0 Å². The van der Waals surface area contributed by atoms with E-state index in [4.69, 9.17) is 10.5 Å². The molecule has 0 aliphatic carbocycles. The van der Waals surface area contributed by atoms with Crippen molar-refractivity contribution >= 4 is 23.4 Å². The van der Waals surface area contributed by atoms with Crippen LogP contribution < -0.4 is 10.5 Å². The van der Waals surface area contributed by atoms with Crippen LogP contribution in [0.3, 0.4) is 0 Å². The van der Waals surface area contributed by atoms with Crippen molar-refractivity contribution < 1.29 is 19.1 Å². The molecule has 0 radical (unpaired) electrons. The highest BCUT2D eigenvalue weighted by molar-refractivity contribution is 6.03. The van der Waals surface area contributed by atoms with Gasteiger partial charge in [-0.3, -0.25) is 14.4 Å². The highest BCUT2D eigenvalue weighted by atomic mass is 16.5. The maximum Gasteiger partial charge on any atom is 0.243 e. The Morgan fingerprint density at radius 2 is 1.74 bits per heavy atom. The van der Waals surface area contributed by atoms with Crippen molar-refractivity contribution in [3.8, 4) is 5.75 Å². The highest BCUT2D eigenvalue weighted by Gasteiger charge is 2.34. The van der Waals surface area contributed by atoms with Gasteiger partial charge in [0.2, 0.25) is 17.7 Å². The molecular weight excluding hydrogens is 432 g/mol. The van der Waals surface area contributed by atoms with Crippen LogP contribution in [0.1, 0.15) is 49.3 Å². The van der Waals surface area contributed by atoms with E-state index in [1.807, 2.05) is 54.6 Å². The summed E-state index contributed by atoms with van der Waals surface area (Å²) in [6.07, 6.45) is 2.15. The Labute approximate surface area is 199 Å². The third-order valence-electron chi connectivity index (χ3n) is 6.50. The predicted molar refractivity (Wildman–Crippen MR) is 128 cm³/mol. The van der Waals surface area contributed by atoms with Crippen LogP contribution in [-0.4, -0.2) is 53.5 Å². The summed E-state index contributed by atoms with van der Waals surface area (Å²) in [6, 6.07) is 17.2. The van der Waals surface area contributed by atoms with Crippen molar-refractivity contribution in [2.45, 2.75) is 38.1 Å². The normalized spacial score (nSPS) is 20.1. The van der Waals surface area contributed by atoms with Gasteiger partial charge in [-0.05, 0) is 36.1 Å². The van der Waals surface area contributed by atoms with E-state index in [2.05, 4.69) is 5.10 Å². The Bertz CT molecular complexity index is 1070. The number of rotatable bonds is 7. The first-order valence-corrected chi connectivity index (χ1v) is 11.6.